The molecule has 0 radical (unpaired) electrons. The Hall–Kier alpha value is -2.56. The van der Waals surface area contributed by atoms with Gasteiger partial charge in [-0.2, -0.15) is 0 Å². The Morgan fingerprint density at radius 3 is 3.06 bits per heavy atom. The molecule has 90 valence electrons. The van der Waals surface area contributed by atoms with Crippen LogP contribution in [0.25, 0.3) is 22.3 Å². The van der Waals surface area contributed by atoms with Crippen LogP contribution < -0.4 is 0 Å². The van der Waals surface area contributed by atoms with Gasteiger partial charge in [0.15, 0.2) is 0 Å². The van der Waals surface area contributed by atoms with Gasteiger partial charge in [0.25, 0.3) is 0 Å². The molecule has 0 fully saturated rings. The minimum atomic E-state index is -0.420. The van der Waals surface area contributed by atoms with E-state index in [0.29, 0.717) is 11.5 Å². The van der Waals surface area contributed by atoms with Crippen molar-refractivity contribution in [3.8, 4) is 11.4 Å². The Labute approximate surface area is 103 Å². The van der Waals surface area contributed by atoms with Crippen molar-refractivity contribution >= 4 is 16.9 Å². The first-order valence-electron chi connectivity index (χ1n) is 5.49. The van der Waals surface area contributed by atoms with Gasteiger partial charge in [-0.3, -0.25) is 0 Å². The van der Waals surface area contributed by atoms with Gasteiger partial charge >= 0.3 is 5.97 Å². The van der Waals surface area contributed by atoms with Crippen LogP contribution in [0.2, 0.25) is 0 Å². The van der Waals surface area contributed by atoms with Crippen molar-refractivity contribution in [2.75, 3.05) is 7.11 Å². The summed E-state index contributed by atoms with van der Waals surface area (Å²) in [6.07, 6.45) is 3.36. The highest BCUT2D eigenvalue weighted by molar-refractivity contribution is 5.88. The van der Waals surface area contributed by atoms with Gasteiger partial charge in [-0.05, 0) is 24.3 Å². The van der Waals surface area contributed by atoms with Crippen LogP contribution in [0.5, 0.6) is 0 Å². The predicted molar refractivity (Wildman–Crippen MR) is 67.2 cm³/mol. The van der Waals surface area contributed by atoms with E-state index < -0.39 is 5.97 Å². The molecule has 0 bridgehead atoms. The first-order chi connectivity index (χ1) is 8.78. The molecule has 0 aliphatic heterocycles. The van der Waals surface area contributed by atoms with E-state index in [9.17, 15) is 4.79 Å². The number of nitrogens with one attached hydrogen (secondary N) is 2. The van der Waals surface area contributed by atoms with E-state index >= 15 is 0 Å². The van der Waals surface area contributed by atoms with E-state index in [1.54, 1.807) is 0 Å². The normalized spacial score (nSPS) is 10.7. The number of esters is 1. The lowest BCUT2D eigenvalue weighted by Crippen LogP contribution is -2.00. The molecule has 0 saturated carbocycles. The molecule has 5 heteroatoms. The number of methoxy groups -OCH3 is 1. The summed E-state index contributed by atoms with van der Waals surface area (Å²) in [5.41, 5.74) is 2.34. The van der Waals surface area contributed by atoms with E-state index in [4.69, 9.17) is 0 Å². The standard InChI is InChI=1S/C13H11N3O2/c1-18-13(17)11-7-15-12(16-11)9-2-3-10-8(6-9)4-5-14-10/h2-7,14H,1H3,(H,15,16). The molecule has 18 heavy (non-hydrogen) atoms. The molecule has 0 atom stereocenters. The first kappa shape index (κ1) is 10.6. The molecule has 0 aliphatic carbocycles. The number of fused-ring (bicyclic) bond motifs is 1. The zero-order valence-corrected chi connectivity index (χ0v) is 9.73. The molecule has 3 rings (SSSR count). The van der Waals surface area contributed by atoms with Gasteiger partial charge in [-0.1, -0.05) is 0 Å². The number of imidazole rings is 1. The van der Waals surface area contributed by atoms with Crippen LogP contribution in [-0.4, -0.2) is 28.0 Å². The van der Waals surface area contributed by atoms with Crippen LogP contribution in [0.3, 0.4) is 0 Å². The minimum Gasteiger partial charge on any atom is -0.464 e. The quantitative estimate of drug-likeness (QED) is 0.676. The number of H-pyrrole nitrogens is 2. The van der Waals surface area contributed by atoms with Gasteiger partial charge in [0.05, 0.1) is 13.3 Å². The van der Waals surface area contributed by atoms with Gasteiger partial charge in [0.2, 0.25) is 0 Å². The average Bonchev–Trinajstić information content (AvgIpc) is 3.05. The molecular weight excluding hydrogens is 230 g/mol. The molecule has 0 saturated heterocycles. The van der Waals surface area contributed by atoms with Crippen molar-refractivity contribution in [2.45, 2.75) is 0 Å². The molecule has 0 spiro atoms. The zero-order chi connectivity index (χ0) is 12.5. The van der Waals surface area contributed by atoms with Crippen molar-refractivity contribution in [3.63, 3.8) is 0 Å². The summed E-state index contributed by atoms with van der Waals surface area (Å²) >= 11 is 0. The van der Waals surface area contributed by atoms with Crippen LogP contribution in [0, 0.1) is 0 Å². The molecule has 3 aromatic rings. The highest BCUT2D eigenvalue weighted by atomic mass is 16.5. The molecule has 0 aliphatic rings. The number of aromatic amines is 2. The Kier molecular flexibility index (Phi) is 2.37. The third kappa shape index (κ3) is 1.66. The van der Waals surface area contributed by atoms with E-state index in [0.717, 1.165) is 16.5 Å². The summed E-state index contributed by atoms with van der Waals surface area (Å²) in [7, 11) is 1.34. The minimum absolute atomic E-state index is 0.349. The topological polar surface area (TPSA) is 70.8 Å². The number of aromatic nitrogens is 3. The van der Waals surface area contributed by atoms with Crippen molar-refractivity contribution in [3.05, 3.63) is 42.4 Å². The maximum Gasteiger partial charge on any atom is 0.356 e. The molecule has 1 aromatic carbocycles. The van der Waals surface area contributed by atoms with Crippen molar-refractivity contribution in [1.29, 1.82) is 0 Å². The van der Waals surface area contributed by atoms with Crippen LogP contribution in [0.4, 0.5) is 0 Å². The molecular formula is C13H11N3O2. The zero-order valence-electron chi connectivity index (χ0n) is 9.73. The molecule has 5 nitrogen and oxygen atoms in total. The smallest absolute Gasteiger partial charge is 0.356 e. The van der Waals surface area contributed by atoms with Crippen LogP contribution in [0.1, 0.15) is 10.5 Å². The van der Waals surface area contributed by atoms with Crippen molar-refractivity contribution in [1.82, 2.24) is 15.0 Å². The SMILES string of the molecule is COC(=O)c1cnc(-c2ccc3[nH]ccc3c2)[nH]1. The third-order valence-corrected chi connectivity index (χ3v) is 2.81. The van der Waals surface area contributed by atoms with Gasteiger partial charge in [0.1, 0.15) is 11.5 Å². The van der Waals surface area contributed by atoms with Crippen LogP contribution in [0.15, 0.2) is 36.7 Å². The number of carbonyl (C=O) groups excluding carboxylic acids is 1. The van der Waals surface area contributed by atoms with Gasteiger partial charge in [0, 0.05) is 22.7 Å². The molecule has 2 heterocycles. The summed E-state index contributed by atoms with van der Waals surface area (Å²) in [6, 6.07) is 7.92. The fourth-order valence-corrected chi connectivity index (χ4v) is 1.88. The first-order valence-corrected chi connectivity index (χ1v) is 5.49. The van der Waals surface area contributed by atoms with Crippen LogP contribution >= 0.6 is 0 Å². The Balaban J connectivity index is 2.03. The van der Waals surface area contributed by atoms with Crippen molar-refractivity contribution < 1.29 is 9.53 Å². The number of hydrogen-bond donors (Lipinski definition) is 2. The summed E-state index contributed by atoms with van der Waals surface area (Å²) in [5, 5.41) is 1.10. The Morgan fingerprint density at radius 1 is 1.33 bits per heavy atom. The van der Waals surface area contributed by atoms with Gasteiger partial charge in [-0.25, -0.2) is 9.78 Å². The lowest BCUT2D eigenvalue weighted by atomic mass is 10.1. The van der Waals surface area contributed by atoms with Crippen molar-refractivity contribution in [2.24, 2.45) is 0 Å². The van der Waals surface area contributed by atoms with E-state index in [1.807, 2.05) is 30.5 Å². The number of benzene rings is 1. The number of nitrogens with zero attached hydrogens (tertiary/aromatic N) is 1. The number of rotatable bonds is 2. The Bertz CT molecular complexity index is 712. The van der Waals surface area contributed by atoms with Crippen LogP contribution in [-0.2, 0) is 4.74 Å². The predicted octanol–water partition coefficient (Wildman–Crippen LogP) is 2.34. The summed E-state index contributed by atoms with van der Waals surface area (Å²) < 4.78 is 4.63. The molecule has 0 amide bonds. The second-order valence-corrected chi connectivity index (χ2v) is 3.92. The second-order valence-electron chi connectivity index (χ2n) is 3.92. The molecule has 2 aromatic heterocycles. The summed E-state index contributed by atoms with van der Waals surface area (Å²) in [6.45, 7) is 0. The molecule has 0 unspecified atom stereocenters. The van der Waals surface area contributed by atoms with E-state index in [1.165, 1.54) is 13.3 Å². The second kappa shape index (κ2) is 4.03. The van der Waals surface area contributed by atoms with Gasteiger partial charge in [-0.15, -0.1) is 0 Å². The number of ether oxygens (including phenoxy) is 1. The number of hydrogen-bond acceptors (Lipinski definition) is 3. The molecule has 2 N–H and O–H groups in total. The largest absolute Gasteiger partial charge is 0.464 e. The lowest BCUT2D eigenvalue weighted by molar-refractivity contribution is 0.0595. The number of carbonyl (C=O) groups is 1. The van der Waals surface area contributed by atoms with E-state index in [-0.39, 0.29) is 0 Å². The third-order valence-electron chi connectivity index (χ3n) is 2.81. The van der Waals surface area contributed by atoms with Gasteiger partial charge < -0.3 is 14.7 Å². The maximum absolute atomic E-state index is 11.3. The highest BCUT2D eigenvalue weighted by Crippen LogP contribution is 2.21. The summed E-state index contributed by atoms with van der Waals surface area (Å²) in [5.74, 6) is 0.231. The maximum atomic E-state index is 11.3. The van der Waals surface area contributed by atoms with E-state index in [2.05, 4.69) is 19.7 Å². The summed E-state index contributed by atoms with van der Waals surface area (Å²) in [4.78, 5) is 21.6. The average molecular weight is 241 g/mol. The Morgan fingerprint density at radius 2 is 2.22 bits per heavy atom. The highest BCUT2D eigenvalue weighted by Gasteiger charge is 2.10. The fraction of sp³-hybridized carbons (Fsp3) is 0.0769. The lowest BCUT2D eigenvalue weighted by Gasteiger charge is -1.97. The monoisotopic (exact) mass is 241 g/mol. The fourth-order valence-electron chi connectivity index (χ4n) is 1.88.